The van der Waals surface area contributed by atoms with Crippen molar-refractivity contribution in [3.05, 3.63) is 29.8 Å². The Labute approximate surface area is 96.2 Å². The number of ether oxygens (including phenoxy) is 2. The molecule has 2 nitrogen and oxygen atoms in total. The predicted molar refractivity (Wildman–Crippen MR) is 65.5 cm³/mol. The van der Waals surface area contributed by atoms with Crippen molar-refractivity contribution < 1.29 is 9.47 Å². The van der Waals surface area contributed by atoms with E-state index in [-0.39, 0.29) is 0 Å². The molecule has 0 radical (unpaired) electrons. The fourth-order valence-electron chi connectivity index (χ4n) is 1.27. The topological polar surface area (TPSA) is 18.5 Å². The normalized spacial score (nSPS) is 9.73. The molecule has 0 aliphatic carbocycles. The summed E-state index contributed by atoms with van der Waals surface area (Å²) < 4.78 is 10.3. The molecule has 0 atom stereocenters. The second-order valence-corrected chi connectivity index (χ2v) is 3.61. The van der Waals surface area contributed by atoms with Crippen molar-refractivity contribution in [2.24, 2.45) is 0 Å². The summed E-state index contributed by atoms with van der Waals surface area (Å²) >= 11 is 5.05. The SMILES string of the molecule is CCOC(=S)CCc1ccc(OC)cc1. The molecule has 1 rings (SSSR count). The summed E-state index contributed by atoms with van der Waals surface area (Å²) in [4.78, 5) is 0. The Morgan fingerprint density at radius 3 is 2.47 bits per heavy atom. The highest BCUT2D eigenvalue weighted by Crippen LogP contribution is 2.12. The van der Waals surface area contributed by atoms with E-state index in [1.165, 1.54) is 5.56 Å². The number of methoxy groups -OCH3 is 1. The van der Waals surface area contributed by atoms with Crippen LogP contribution < -0.4 is 4.74 Å². The lowest BCUT2D eigenvalue weighted by molar-refractivity contribution is 0.327. The van der Waals surface area contributed by atoms with Crippen molar-refractivity contribution in [2.45, 2.75) is 19.8 Å². The lowest BCUT2D eigenvalue weighted by Crippen LogP contribution is -2.02. The summed E-state index contributed by atoms with van der Waals surface area (Å²) in [5.41, 5.74) is 1.25. The molecule has 82 valence electrons. The molecule has 0 amide bonds. The van der Waals surface area contributed by atoms with Gasteiger partial charge in [-0.2, -0.15) is 0 Å². The number of aryl methyl sites for hydroxylation is 1. The minimum Gasteiger partial charge on any atom is -0.497 e. The van der Waals surface area contributed by atoms with E-state index < -0.39 is 0 Å². The summed E-state index contributed by atoms with van der Waals surface area (Å²) in [5, 5.41) is 0.688. The molecule has 0 saturated heterocycles. The first-order valence-electron chi connectivity index (χ1n) is 5.04. The summed E-state index contributed by atoms with van der Waals surface area (Å²) in [6, 6.07) is 8.01. The van der Waals surface area contributed by atoms with Gasteiger partial charge in [0.2, 0.25) is 0 Å². The first-order valence-corrected chi connectivity index (χ1v) is 5.45. The number of rotatable bonds is 5. The predicted octanol–water partition coefficient (Wildman–Crippen LogP) is 2.99. The smallest absolute Gasteiger partial charge is 0.159 e. The fraction of sp³-hybridized carbons (Fsp3) is 0.417. The maximum atomic E-state index is 5.22. The van der Waals surface area contributed by atoms with Gasteiger partial charge in [0.15, 0.2) is 5.05 Å². The number of thiocarbonyl (C=S) groups is 1. The second kappa shape index (κ2) is 6.40. The van der Waals surface area contributed by atoms with Gasteiger partial charge in [-0.25, -0.2) is 0 Å². The van der Waals surface area contributed by atoms with Crippen LogP contribution in [0.3, 0.4) is 0 Å². The van der Waals surface area contributed by atoms with Gasteiger partial charge in [-0.05, 0) is 43.3 Å². The van der Waals surface area contributed by atoms with Gasteiger partial charge in [0.1, 0.15) is 5.75 Å². The molecule has 0 unspecified atom stereocenters. The van der Waals surface area contributed by atoms with Crippen LogP contribution in [0, 0.1) is 0 Å². The van der Waals surface area contributed by atoms with Crippen molar-refractivity contribution in [1.29, 1.82) is 0 Å². The molecule has 1 aromatic carbocycles. The first kappa shape index (κ1) is 12.0. The molecule has 0 bridgehead atoms. The third kappa shape index (κ3) is 4.30. The molecule has 0 spiro atoms. The Balaban J connectivity index is 2.40. The highest BCUT2D eigenvalue weighted by molar-refractivity contribution is 7.80. The highest BCUT2D eigenvalue weighted by atomic mass is 32.1. The number of benzene rings is 1. The van der Waals surface area contributed by atoms with E-state index in [0.29, 0.717) is 11.7 Å². The van der Waals surface area contributed by atoms with Crippen LogP contribution in [0.4, 0.5) is 0 Å². The van der Waals surface area contributed by atoms with Crippen molar-refractivity contribution in [1.82, 2.24) is 0 Å². The Bertz CT molecular complexity index is 306. The van der Waals surface area contributed by atoms with Crippen LogP contribution in [0.25, 0.3) is 0 Å². The maximum Gasteiger partial charge on any atom is 0.159 e. The molecule has 0 fully saturated rings. The Morgan fingerprint density at radius 1 is 1.27 bits per heavy atom. The summed E-state index contributed by atoms with van der Waals surface area (Å²) in [6.07, 6.45) is 1.72. The van der Waals surface area contributed by atoms with Crippen molar-refractivity contribution in [3.63, 3.8) is 0 Å². The quantitative estimate of drug-likeness (QED) is 0.716. The molecule has 15 heavy (non-hydrogen) atoms. The van der Waals surface area contributed by atoms with Crippen LogP contribution in [0.5, 0.6) is 5.75 Å². The van der Waals surface area contributed by atoms with Crippen LogP contribution in [0.1, 0.15) is 18.9 Å². The molecule has 0 aromatic heterocycles. The number of hydrogen-bond donors (Lipinski definition) is 0. The molecule has 0 N–H and O–H groups in total. The van der Waals surface area contributed by atoms with Gasteiger partial charge in [0.05, 0.1) is 13.7 Å². The zero-order valence-electron chi connectivity index (χ0n) is 9.16. The molecular weight excluding hydrogens is 208 g/mol. The van der Waals surface area contributed by atoms with E-state index in [4.69, 9.17) is 21.7 Å². The Hall–Kier alpha value is -1.09. The van der Waals surface area contributed by atoms with E-state index in [1.54, 1.807) is 7.11 Å². The average Bonchev–Trinajstić information content (AvgIpc) is 2.27. The average molecular weight is 224 g/mol. The van der Waals surface area contributed by atoms with Crippen molar-refractivity contribution in [3.8, 4) is 5.75 Å². The van der Waals surface area contributed by atoms with Gasteiger partial charge in [0, 0.05) is 6.42 Å². The van der Waals surface area contributed by atoms with Gasteiger partial charge in [-0.1, -0.05) is 12.1 Å². The molecule has 0 aliphatic heterocycles. The van der Waals surface area contributed by atoms with E-state index in [1.807, 2.05) is 31.2 Å². The lowest BCUT2D eigenvalue weighted by Gasteiger charge is -2.05. The molecular formula is C12H16O2S. The molecule has 1 aromatic rings. The van der Waals surface area contributed by atoms with E-state index >= 15 is 0 Å². The zero-order chi connectivity index (χ0) is 11.1. The van der Waals surface area contributed by atoms with Crippen LogP contribution in [0.2, 0.25) is 0 Å². The van der Waals surface area contributed by atoms with Gasteiger partial charge in [-0.15, -0.1) is 0 Å². The summed E-state index contributed by atoms with van der Waals surface area (Å²) in [7, 11) is 1.67. The van der Waals surface area contributed by atoms with E-state index in [0.717, 1.165) is 18.6 Å². The second-order valence-electron chi connectivity index (χ2n) is 3.15. The number of hydrogen-bond acceptors (Lipinski definition) is 3. The maximum absolute atomic E-state index is 5.22. The van der Waals surface area contributed by atoms with Crippen LogP contribution in [-0.2, 0) is 11.2 Å². The van der Waals surface area contributed by atoms with Gasteiger partial charge in [0.25, 0.3) is 0 Å². The van der Waals surface area contributed by atoms with Crippen LogP contribution in [-0.4, -0.2) is 18.8 Å². The molecule has 3 heteroatoms. The summed E-state index contributed by atoms with van der Waals surface area (Å²) in [6.45, 7) is 2.60. The van der Waals surface area contributed by atoms with E-state index in [9.17, 15) is 0 Å². The summed E-state index contributed by atoms with van der Waals surface area (Å²) in [5.74, 6) is 0.881. The molecule has 0 aliphatic rings. The fourth-order valence-corrected chi connectivity index (χ4v) is 1.49. The Morgan fingerprint density at radius 2 is 1.93 bits per heavy atom. The third-order valence-corrected chi connectivity index (χ3v) is 2.40. The van der Waals surface area contributed by atoms with Crippen LogP contribution in [0.15, 0.2) is 24.3 Å². The Kier molecular flexibility index (Phi) is 5.12. The van der Waals surface area contributed by atoms with Gasteiger partial charge < -0.3 is 9.47 Å². The first-order chi connectivity index (χ1) is 7.26. The highest BCUT2D eigenvalue weighted by Gasteiger charge is 1.99. The van der Waals surface area contributed by atoms with Gasteiger partial charge in [-0.3, -0.25) is 0 Å². The largest absolute Gasteiger partial charge is 0.497 e. The van der Waals surface area contributed by atoms with Gasteiger partial charge >= 0.3 is 0 Å². The van der Waals surface area contributed by atoms with Crippen molar-refractivity contribution >= 4 is 17.3 Å². The minimum atomic E-state index is 0.654. The molecule has 0 heterocycles. The zero-order valence-corrected chi connectivity index (χ0v) is 9.97. The monoisotopic (exact) mass is 224 g/mol. The van der Waals surface area contributed by atoms with E-state index in [2.05, 4.69) is 0 Å². The van der Waals surface area contributed by atoms with Crippen molar-refractivity contribution in [2.75, 3.05) is 13.7 Å². The third-order valence-electron chi connectivity index (χ3n) is 2.08. The molecule has 0 saturated carbocycles. The minimum absolute atomic E-state index is 0.654. The van der Waals surface area contributed by atoms with Crippen LogP contribution >= 0.6 is 12.2 Å². The lowest BCUT2D eigenvalue weighted by atomic mass is 10.1. The standard InChI is InChI=1S/C12H16O2S/c1-3-14-12(15)9-6-10-4-7-11(13-2)8-5-10/h4-5,7-8H,3,6,9H2,1-2H3.